The molecule has 0 radical (unpaired) electrons. The molecule has 1 aliphatic rings. The minimum Gasteiger partial charge on any atom is -0.337 e. The molecule has 1 fully saturated rings. The van der Waals surface area contributed by atoms with Gasteiger partial charge in [0.25, 0.3) is 0 Å². The summed E-state index contributed by atoms with van der Waals surface area (Å²) in [7, 11) is 0. The summed E-state index contributed by atoms with van der Waals surface area (Å²) in [6, 6.07) is 0. The van der Waals surface area contributed by atoms with Crippen LogP contribution in [0.25, 0.3) is 0 Å². The maximum atomic E-state index is 5.47. The van der Waals surface area contributed by atoms with Crippen LogP contribution in [-0.2, 0) is 12.0 Å². The van der Waals surface area contributed by atoms with Crippen LogP contribution in [0.3, 0.4) is 0 Å². The fourth-order valence-corrected chi connectivity index (χ4v) is 2.44. The van der Waals surface area contributed by atoms with Crippen molar-refractivity contribution in [1.29, 1.82) is 0 Å². The molecule has 96 valence electrons. The zero-order chi connectivity index (χ0) is 12.5. The van der Waals surface area contributed by atoms with Gasteiger partial charge in [-0.3, -0.25) is 0 Å². The van der Waals surface area contributed by atoms with E-state index < -0.39 is 0 Å². The van der Waals surface area contributed by atoms with Crippen molar-refractivity contribution in [1.82, 2.24) is 15.5 Å². The first kappa shape index (κ1) is 12.6. The van der Waals surface area contributed by atoms with Crippen molar-refractivity contribution in [3.8, 4) is 0 Å². The third-order valence-electron chi connectivity index (χ3n) is 3.41. The molecule has 1 aromatic rings. The maximum absolute atomic E-state index is 5.47. The van der Waals surface area contributed by atoms with Gasteiger partial charge in [-0.1, -0.05) is 32.9 Å². The van der Waals surface area contributed by atoms with Crippen molar-refractivity contribution in [3.63, 3.8) is 0 Å². The molecule has 0 saturated carbocycles. The van der Waals surface area contributed by atoms with E-state index >= 15 is 0 Å². The van der Waals surface area contributed by atoms with Crippen LogP contribution < -0.4 is 5.32 Å². The Morgan fingerprint density at radius 3 is 2.71 bits per heavy atom. The molecule has 0 bridgehead atoms. The van der Waals surface area contributed by atoms with E-state index in [2.05, 4.69) is 43.2 Å². The smallest absolute Gasteiger partial charge is 0.246 e. The third-order valence-corrected chi connectivity index (χ3v) is 3.41. The Balaban J connectivity index is 2.17. The summed E-state index contributed by atoms with van der Waals surface area (Å²) in [5, 5.41) is 7.63. The second-order valence-corrected chi connectivity index (χ2v) is 6.22. The molecular formula is C13H23N3O. The second kappa shape index (κ2) is 4.41. The van der Waals surface area contributed by atoms with E-state index in [4.69, 9.17) is 4.52 Å². The topological polar surface area (TPSA) is 51.0 Å². The molecule has 0 aromatic carbocycles. The number of hydrogen-bond donors (Lipinski definition) is 1. The van der Waals surface area contributed by atoms with E-state index in [-0.39, 0.29) is 11.0 Å². The van der Waals surface area contributed by atoms with Crippen molar-refractivity contribution in [2.75, 3.05) is 6.54 Å². The predicted molar refractivity (Wildman–Crippen MR) is 66.7 cm³/mol. The average Bonchev–Trinajstić information content (AvgIpc) is 2.83. The summed E-state index contributed by atoms with van der Waals surface area (Å²) < 4.78 is 5.47. The molecule has 0 aliphatic carbocycles. The lowest BCUT2D eigenvalue weighted by molar-refractivity contribution is 0.248. The van der Waals surface area contributed by atoms with Gasteiger partial charge in [0.15, 0.2) is 5.82 Å². The fraction of sp³-hybridized carbons (Fsp3) is 0.846. The molecule has 17 heavy (non-hydrogen) atoms. The summed E-state index contributed by atoms with van der Waals surface area (Å²) in [4.78, 5) is 4.58. The fourth-order valence-electron chi connectivity index (χ4n) is 2.44. The van der Waals surface area contributed by atoms with Crippen molar-refractivity contribution in [2.24, 2.45) is 5.41 Å². The second-order valence-electron chi connectivity index (χ2n) is 6.22. The monoisotopic (exact) mass is 237 g/mol. The van der Waals surface area contributed by atoms with Gasteiger partial charge in [-0.2, -0.15) is 4.98 Å². The highest BCUT2D eigenvalue weighted by molar-refractivity contribution is 5.06. The highest BCUT2D eigenvalue weighted by Crippen LogP contribution is 2.33. The van der Waals surface area contributed by atoms with Crippen molar-refractivity contribution in [3.05, 3.63) is 11.7 Å². The van der Waals surface area contributed by atoms with Crippen LogP contribution >= 0.6 is 0 Å². The first-order chi connectivity index (χ1) is 7.95. The van der Waals surface area contributed by atoms with Crippen molar-refractivity contribution >= 4 is 0 Å². The number of nitrogens with one attached hydrogen (secondary N) is 1. The minimum absolute atomic E-state index is 0.0663. The molecule has 1 aliphatic heterocycles. The first-order valence-corrected chi connectivity index (χ1v) is 6.53. The molecule has 0 amide bonds. The van der Waals surface area contributed by atoms with E-state index in [0.29, 0.717) is 0 Å². The maximum Gasteiger partial charge on any atom is 0.246 e. The van der Waals surface area contributed by atoms with Gasteiger partial charge >= 0.3 is 0 Å². The Morgan fingerprint density at radius 1 is 1.41 bits per heavy atom. The number of aromatic nitrogens is 2. The quantitative estimate of drug-likeness (QED) is 0.878. The standard InChI is InChI=1S/C13H23N3O/c1-5-13(7-6-8-14-13)11-15-10(16-17-11)9-12(2,3)4/h14H,5-9H2,1-4H3. The lowest BCUT2D eigenvalue weighted by Crippen LogP contribution is -2.36. The van der Waals surface area contributed by atoms with Gasteiger partial charge in [0.05, 0.1) is 5.54 Å². The summed E-state index contributed by atoms with van der Waals surface area (Å²) in [6.45, 7) is 9.78. The molecule has 1 aromatic heterocycles. The van der Waals surface area contributed by atoms with Gasteiger partial charge in [0.1, 0.15) is 0 Å². The molecule has 1 unspecified atom stereocenters. The molecule has 2 rings (SSSR count). The predicted octanol–water partition coefficient (Wildman–Crippen LogP) is 2.65. The van der Waals surface area contributed by atoms with E-state index in [9.17, 15) is 0 Å². The van der Waals surface area contributed by atoms with Gasteiger partial charge in [0, 0.05) is 6.42 Å². The molecular weight excluding hydrogens is 214 g/mol. The first-order valence-electron chi connectivity index (χ1n) is 6.53. The van der Waals surface area contributed by atoms with Gasteiger partial charge < -0.3 is 9.84 Å². The van der Waals surface area contributed by atoms with Crippen LogP contribution in [0, 0.1) is 5.41 Å². The molecule has 4 heteroatoms. The Bertz CT molecular complexity index is 372. The Kier molecular flexibility index (Phi) is 3.25. The summed E-state index contributed by atoms with van der Waals surface area (Å²) >= 11 is 0. The Morgan fingerprint density at radius 2 is 2.18 bits per heavy atom. The van der Waals surface area contributed by atoms with Crippen LogP contribution in [-0.4, -0.2) is 16.7 Å². The van der Waals surface area contributed by atoms with E-state index in [0.717, 1.165) is 37.5 Å². The van der Waals surface area contributed by atoms with Gasteiger partial charge in [-0.15, -0.1) is 0 Å². The zero-order valence-electron chi connectivity index (χ0n) is 11.3. The van der Waals surface area contributed by atoms with Crippen LogP contribution in [0.2, 0.25) is 0 Å². The van der Waals surface area contributed by atoms with E-state index in [1.807, 2.05) is 0 Å². The highest BCUT2D eigenvalue weighted by Gasteiger charge is 2.39. The molecule has 1 saturated heterocycles. The molecule has 4 nitrogen and oxygen atoms in total. The number of rotatable bonds is 3. The summed E-state index contributed by atoms with van der Waals surface area (Å²) in [5.41, 5.74) is 0.132. The highest BCUT2D eigenvalue weighted by atomic mass is 16.5. The number of hydrogen-bond acceptors (Lipinski definition) is 4. The van der Waals surface area contributed by atoms with E-state index in [1.54, 1.807) is 0 Å². The molecule has 0 spiro atoms. The zero-order valence-corrected chi connectivity index (χ0v) is 11.3. The normalized spacial score (nSPS) is 25.4. The Labute approximate surface area is 103 Å². The SMILES string of the molecule is CCC1(c2nc(CC(C)(C)C)no2)CCCN1. The molecule has 1 N–H and O–H groups in total. The third kappa shape index (κ3) is 2.68. The molecule has 1 atom stereocenters. The van der Waals surface area contributed by atoms with Crippen LogP contribution in [0.5, 0.6) is 0 Å². The number of nitrogens with zero attached hydrogens (tertiary/aromatic N) is 2. The largest absolute Gasteiger partial charge is 0.337 e. The summed E-state index contributed by atoms with van der Waals surface area (Å²) in [6.07, 6.45) is 4.14. The van der Waals surface area contributed by atoms with Crippen molar-refractivity contribution in [2.45, 2.75) is 58.9 Å². The van der Waals surface area contributed by atoms with Crippen LogP contribution in [0.15, 0.2) is 4.52 Å². The minimum atomic E-state index is -0.0663. The summed E-state index contributed by atoms with van der Waals surface area (Å²) in [5.74, 6) is 1.60. The van der Waals surface area contributed by atoms with Crippen LogP contribution in [0.4, 0.5) is 0 Å². The molecule has 2 heterocycles. The van der Waals surface area contributed by atoms with Crippen LogP contribution in [0.1, 0.15) is 58.7 Å². The Hall–Kier alpha value is -0.900. The average molecular weight is 237 g/mol. The van der Waals surface area contributed by atoms with Crippen molar-refractivity contribution < 1.29 is 4.52 Å². The van der Waals surface area contributed by atoms with Gasteiger partial charge in [0.2, 0.25) is 5.89 Å². The lowest BCUT2D eigenvalue weighted by atomic mass is 9.91. The lowest BCUT2D eigenvalue weighted by Gasteiger charge is -2.22. The van der Waals surface area contributed by atoms with E-state index in [1.165, 1.54) is 6.42 Å². The van der Waals surface area contributed by atoms with Gasteiger partial charge in [-0.25, -0.2) is 0 Å². The van der Waals surface area contributed by atoms with Gasteiger partial charge in [-0.05, 0) is 31.2 Å².